The van der Waals surface area contributed by atoms with Gasteiger partial charge >= 0.3 is 0 Å². The van der Waals surface area contributed by atoms with Crippen molar-refractivity contribution in [3.8, 4) is 84.7 Å². The maximum Gasteiger partial charge on any atom is 0.164 e. The Kier molecular flexibility index (Phi) is 8.09. The summed E-state index contributed by atoms with van der Waals surface area (Å²) in [7, 11) is 0. The lowest BCUT2D eigenvalue weighted by atomic mass is 9.81. The summed E-state index contributed by atoms with van der Waals surface area (Å²) in [5.41, 5.74) is 15.7. The van der Waals surface area contributed by atoms with Crippen LogP contribution < -0.4 is 0 Å². The predicted molar refractivity (Wildman–Crippen MR) is 228 cm³/mol. The van der Waals surface area contributed by atoms with E-state index < -0.39 is 0 Å². The predicted octanol–water partition coefficient (Wildman–Crippen LogP) is 12.0. The van der Waals surface area contributed by atoms with Crippen LogP contribution in [0.4, 0.5) is 0 Å². The zero-order valence-corrected chi connectivity index (χ0v) is 31.3. The van der Waals surface area contributed by atoms with Crippen molar-refractivity contribution in [2.75, 3.05) is 0 Å². The number of nitrogens with zero attached hydrogens (tertiary/aromatic N) is 6. The molecule has 6 heteroatoms. The van der Waals surface area contributed by atoms with Crippen molar-refractivity contribution in [2.24, 2.45) is 0 Å². The first-order valence-electron chi connectivity index (χ1n) is 19.0. The SMILES string of the molecule is CC1(C)c2cc(C#N)ccc2-c2ccc(-c3cc(-c4cnc5cccnc5c4)cc(-c4nc(-c5ccccc5)nc(-c5ccc(-c6ccccc6)cc5)n4)c3)cc21. The number of hydrogen-bond acceptors (Lipinski definition) is 6. The molecule has 0 spiro atoms. The van der Waals surface area contributed by atoms with Crippen molar-refractivity contribution in [3.05, 3.63) is 187 Å². The molecule has 6 aromatic carbocycles. The molecule has 0 aliphatic heterocycles. The second kappa shape index (κ2) is 13.6. The molecule has 0 bridgehead atoms. The van der Waals surface area contributed by atoms with E-state index in [-0.39, 0.29) is 5.41 Å². The molecule has 0 amide bonds. The third-order valence-corrected chi connectivity index (χ3v) is 11.0. The first-order valence-corrected chi connectivity index (χ1v) is 19.0. The monoisotopic (exact) mass is 730 g/mol. The Hall–Kier alpha value is -7.62. The smallest absolute Gasteiger partial charge is 0.164 e. The number of fused-ring (bicyclic) bond motifs is 4. The molecule has 0 unspecified atom stereocenters. The van der Waals surface area contributed by atoms with E-state index >= 15 is 0 Å². The van der Waals surface area contributed by atoms with Gasteiger partial charge in [0.25, 0.3) is 0 Å². The van der Waals surface area contributed by atoms with Crippen molar-refractivity contribution >= 4 is 11.0 Å². The minimum Gasteiger partial charge on any atom is -0.255 e. The molecule has 0 atom stereocenters. The quantitative estimate of drug-likeness (QED) is 0.169. The summed E-state index contributed by atoms with van der Waals surface area (Å²) in [4.78, 5) is 24.7. The van der Waals surface area contributed by atoms with Gasteiger partial charge in [-0.05, 0) is 105 Å². The van der Waals surface area contributed by atoms with Crippen molar-refractivity contribution < 1.29 is 0 Å². The minimum atomic E-state index is -0.286. The van der Waals surface area contributed by atoms with E-state index in [1.54, 1.807) is 6.20 Å². The van der Waals surface area contributed by atoms with Crippen molar-refractivity contribution in [3.63, 3.8) is 0 Å². The van der Waals surface area contributed by atoms with Crippen LogP contribution in [0.15, 0.2) is 170 Å². The second-order valence-electron chi connectivity index (χ2n) is 14.9. The zero-order chi connectivity index (χ0) is 38.5. The van der Waals surface area contributed by atoms with E-state index in [4.69, 9.17) is 19.9 Å². The van der Waals surface area contributed by atoms with Gasteiger partial charge in [0.2, 0.25) is 0 Å². The second-order valence-corrected chi connectivity index (χ2v) is 14.9. The molecule has 3 aromatic heterocycles. The summed E-state index contributed by atoms with van der Waals surface area (Å²) in [6.07, 6.45) is 3.70. The Morgan fingerprint density at radius 3 is 1.67 bits per heavy atom. The fraction of sp³-hybridized carbons (Fsp3) is 0.0588. The van der Waals surface area contributed by atoms with Gasteiger partial charge in [0, 0.05) is 40.1 Å². The Balaban J connectivity index is 1.15. The fourth-order valence-electron chi connectivity index (χ4n) is 7.98. The molecule has 57 heavy (non-hydrogen) atoms. The summed E-state index contributed by atoms with van der Waals surface area (Å²) in [5, 5.41) is 9.69. The highest BCUT2D eigenvalue weighted by molar-refractivity contribution is 5.88. The molecule has 0 saturated heterocycles. The topological polar surface area (TPSA) is 88.2 Å². The maximum atomic E-state index is 9.69. The summed E-state index contributed by atoms with van der Waals surface area (Å²) in [6.45, 7) is 4.48. The lowest BCUT2D eigenvalue weighted by molar-refractivity contribution is 0.660. The van der Waals surface area contributed by atoms with Crippen LogP contribution in [-0.4, -0.2) is 24.9 Å². The third-order valence-electron chi connectivity index (χ3n) is 11.0. The molecule has 1 aliphatic rings. The number of hydrogen-bond donors (Lipinski definition) is 0. The van der Waals surface area contributed by atoms with E-state index in [2.05, 4.69) is 122 Å². The fourth-order valence-corrected chi connectivity index (χ4v) is 7.98. The van der Waals surface area contributed by atoms with Gasteiger partial charge in [0.05, 0.1) is 22.7 Å². The summed E-state index contributed by atoms with van der Waals surface area (Å²) < 4.78 is 0. The molecule has 10 rings (SSSR count). The van der Waals surface area contributed by atoms with E-state index in [9.17, 15) is 5.26 Å². The highest BCUT2D eigenvalue weighted by Crippen LogP contribution is 2.50. The maximum absolute atomic E-state index is 9.69. The molecular weight excluding hydrogens is 697 g/mol. The van der Waals surface area contributed by atoms with Gasteiger partial charge in [-0.15, -0.1) is 0 Å². The summed E-state index contributed by atoms with van der Waals surface area (Å²) in [5.74, 6) is 1.76. The number of nitriles is 1. The Morgan fingerprint density at radius 2 is 0.965 bits per heavy atom. The Morgan fingerprint density at radius 1 is 0.421 bits per heavy atom. The Bertz CT molecular complexity index is 3040. The molecule has 6 nitrogen and oxygen atoms in total. The van der Waals surface area contributed by atoms with Gasteiger partial charge < -0.3 is 0 Å². The van der Waals surface area contributed by atoms with Crippen LogP contribution >= 0.6 is 0 Å². The summed E-state index contributed by atoms with van der Waals surface area (Å²) in [6, 6.07) is 56.3. The number of benzene rings is 6. The van der Waals surface area contributed by atoms with Crippen LogP contribution in [0.5, 0.6) is 0 Å². The van der Waals surface area contributed by atoms with Gasteiger partial charge in [-0.25, -0.2) is 15.0 Å². The first-order chi connectivity index (χ1) is 27.9. The Labute approximate surface area is 330 Å². The molecule has 0 saturated carbocycles. The van der Waals surface area contributed by atoms with E-state index in [1.165, 1.54) is 22.3 Å². The minimum absolute atomic E-state index is 0.286. The van der Waals surface area contributed by atoms with Crippen molar-refractivity contribution in [2.45, 2.75) is 19.3 Å². The number of pyridine rings is 2. The van der Waals surface area contributed by atoms with Gasteiger partial charge in [0.15, 0.2) is 17.5 Å². The van der Waals surface area contributed by atoms with E-state index in [1.807, 2.05) is 66.9 Å². The van der Waals surface area contributed by atoms with E-state index in [0.29, 0.717) is 23.0 Å². The van der Waals surface area contributed by atoms with Gasteiger partial charge in [0.1, 0.15) is 0 Å². The molecule has 1 aliphatic carbocycles. The lowest BCUT2D eigenvalue weighted by Crippen LogP contribution is -2.15. The molecule has 0 N–H and O–H groups in total. The third kappa shape index (κ3) is 6.12. The summed E-state index contributed by atoms with van der Waals surface area (Å²) >= 11 is 0. The average molecular weight is 731 g/mol. The number of aromatic nitrogens is 5. The van der Waals surface area contributed by atoms with Crippen LogP contribution in [0.2, 0.25) is 0 Å². The van der Waals surface area contributed by atoms with Gasteiger partial charge in [-0.1, -0.05) is 117 Å². The molecule has 0 radical (unpaired) electrons. The zero-order valence-electron chi connectivity index (χ0n) is 31.3. The molecule has 3 heterocycles. The highest BCUT2D eigenvalue weighted by atomic mass is 15.0. The molecule has 9 aromatic rings. The van der Waals surface area contributed by atoms with Crippen molar-refractivity contribution in [1.82, 2.24) is 24.9 Å². The normalized spacial score (nSPS) is 12.5. The van der Waals surface area contributed by atoms with Crippen LogP contribution in [0.25, 0.3) is 89.7 Å². The average Bonchev–Trinajstić information content (AvgIpc) is 3.51. The van der Waals surface area contributed by atoms with Gasteiger partial charge in [-0.3, -0.25) is 9.97 Å². The van der Waals surface area contributed by atoms with Gasteiger partial charge in [-0.2, -0.15) is 5.26 Å². The number of rotatable bonds is 6. The molecule has 268 valence electrons. The standard InChI is InChI=1S/C51H34N6/c1-51(2)44-24-32(30-52)15-21-42(44)43-22-20-37(28-45(43)51)38-25-39(41-29-47-46(54-31-41)14-9-23-53-47)27-40(26-38)50-56-48(35-12-7-4-8-13-35)55-49(57-50)36-18-16-34(17-19-36)33-10-5-3-6-11-33/h3-29,31H,1-2H3. The van der Waals surface area contributed by atoms with Crippen molar-refractivity contribution in [1.29, 1.82) is 5.26 Å². The van der Waals surface area contributed by atoms with Crippen LogP contribution in [0, 0.1) is 11.3 Å². The largest absolute Gasteiger partial charge is 0.255 e. The first kappa shape index (κ1) is 33.9. The van der Waals surface area contributed by atoms with Crippen LogP contribution in [0.3, 0.4) is 0 Å². The van der Waals surface area contributed by atoms with Crippen LogP contribution in [-0.2, 0) is 5.41 Å². The molecule has 0 fully saturated rings. The molecular formula is C51H34N6. The lowest BCUT2D eigenvalue weighted by Gasteiger charge is -2.22. The highest BCUT2D eigenvalue weighted by Gasteiger charge is 2.36. The van der Waals surface area contributed by atoms with Crippen LogP contribution in [0.1, 0.15) is 30.5 Å². The van der Waals surface area contributed by atoms with E-state index in [0.717, 1.165) is 61.1 Å².